The summed E-state index contributed by atoms with van der Waals surface area (Å²) in [6.07, 6.45) is 0. The van der Waals surface area contributed by atoms with Crippen molar-refractivity contribution >= 4 is 40.0 Å². The number of para-hydroxylation sites is 1. The number of amides is 1. The van der Waals surface area contributed by atoms with Crippen molar-refractivity contribution < 1.29 is 14.3 Å². The number of aromatic nitrogens is 3. The number of thiocarbonyl (C=S) groups is 1. The van der Waals surface area contributed by atoms with E-state index in [2.05, 4.69) is 20.8 Å². The SMILES string of the molecule is COc1ccc(-n2nc3ccc(NC(=S)NC(=O)c4cccc(C)c4OC)cc3n2)cc1. The number of hydrogen-bond donors (Lipinski definition) is 2. The highest BCUT2D eigenvalue weighted by Crippen LogP contribution is 2.23. The Bertz CT molecular complexity index is 1300. The summed E-state index contributed by atoms with van der Waals surface area (Å²) in [4.78, 5) is 14.2. The standard InChI is InChI=1S/C23H21N5O3S/c1-14-5-4-6-18(21(14)31-3)22(29)25-23(32)24-15-7-12-19-20(13-15)27-28(26-19)16-8-10-17(30-2)11-9-16/h4-13H,1-3H3,(H2,24,25,29,32). The molecule has 4 aromatic rings. The number of aryl methyl sites for hydroxylation is 1. The summed E-state index contributed by atoms with van der Waals surface area (Å²) in [5, 5.41) is 14.9. The van der Waals surface area contributed by atoms with Crippen molar-refractivity contribution in [2.24, 2.45) is 0 Å². The summed E-state index contributed by atoms with van der Waals surface area (Å²) in [7, 11) is 3.15. The van der Waals surface area contributed by atoms with E-state index in [1.807, 2.05) is 55.5 Å². The van der Waals surface area contributed by atoms with Gasteiger partial charge in [-0.05, 0) is 73.2 Å². The number of nitrogens with one attached hydrogen (secondary N) is 2. The van der Waals surface area contributed by atoms with E-state index in [1.54, 1.807) is 24.0 Å². The molecule has 0 bridgehead atoms. The molecule has 0 radical (unpaired) electrons. The van der Waals surface area contributed by atoms with E-state index in [-0.39, 0.29) is 11.0 Å². The van der Waals surface area contributed by atoms with Gasteiger partial charge in [-0.15, -0.1) is 10.2 Å². The van der Waals surface area contributed by atoms with Crippen LogP contribution >= 0.6 is 12.2 Å². The van der Waals surface area contributed by atoms with Crippen LogP contribution in [0.15, 0.2) is 60.7 Å². The normalized spacial score (nSPS) is 10.6. The lowest BCUT2D eigenvalue weighted by Crippen LogP contribution is -2.34. The van der Waals surface area contributed by atoms with Crippen LogP contribution in [-0.4, -0.2) is 40.2 Å². The largest absolute Gasteiger partial charge is 0.497 e. The monoisotopic (exact) mass is 447 g/mol. The van der Waals surface area contributed by atoms with Crippen molar-refractivity contribution in [2.75, 3.05) is 19.5 Å². The third-order valence-electron chi connectivity index (χ3n) is 4.83. The van der Waals surface area contributed by atoms with Crippen molar-refractivity contribution in [3.8, 4) is 17.2 Å². The number of fused-ring (bicyclic) bond motifs is 1. The Hall–Kier alpha value is -3.98. The van der Waals surface area contributed by atoms with Gasteiger partial charge < -0.3 is 14.8 Å². The number of ether oxygens (including phenoxy) is 2. The molecule has 0 aliphatic rings. The maximum atomic E-state index is 12.6. The van der Waals surface area contributed by atoms with Crippen molar-refractivity contribution in [3.05, 3.63) is 71.8 Å². The van der Waals surface area contributed by atoms with Gasteiger partial charge in [0.25, 0.3) is 5.91 Å². The van der Waals surface area contributed by atoms with Crippen LogP contribution in [0.3, 0.4) is 0 Å². The lowest BCUT2D eigenvalue weighted by Gasteiger charge is -2.13. The van der Waals surface area contributed by atoms with Gasteiger partial charge in [0.15, 0.2) is 5.11 Å². The van der Waals surface area contributed by atoms with Crippen LogP contribution in [0, 0.1) is 6.92 Å². The van der Waals surface area contributed by atoms with Crippen molar-refractivity contribution in [1.82, 2.24) is 20.3 Å². The Morgan fingerprint density at radius 1 is 0.969 bits per heavy atom. The molecular weight excluding hydrogens is 426 g/mol. The Morgan fingerprint density at radius 2 is 1.72 bits per heavy atom. The zero-order valence-corrected chi connectivity index (χ0v) is 18.6. The summed E-state index contributed by atoms with van der Waals surface area (Å²) in [5.41, 5.74) is 4.18. The topological polar surface area (TPSA) is 90.3 Å². The molecular formula is C23H21N5O3S. The first-order valence-corrected chi connectivity index (χ1v) is 10.2. The number of rotatable bonds is 5. The predicted molar refractivity (Wildman–Crippen MR) is 127 cm³/mol. The minimum atomic E-state index is -0.352. The van der Waals surface area contributed by atoms with E-state index in [9.17, 15) is 4.79 Å². The van der Waals surface area contributed by atoms with E-state index in [0.717, 1.165) is 22.5 Å². The van der Waals surface area contributed by atoms with Gasteiger partial charge in [0.1, 0.15) is 22.5 Å². The number of nitrogens with zero attached hydrogens (tertiary/aromatic N) is 3. The third kappa shape index (κ3) is 4.37. The molecule has 8 nitrogen and oxygen atoms in total. The number of carbonyl (C=O) groups excluding carboxylic acids is 1. The van der Waals surface area contributed by atoms with Gasteiger partial charge in [0, 0.05) is 5.69 Å². The molecule has 0 spiro atoms. The quantitative estimate of drug-likeness (QED) is 0.449. The first-order valence-electron chi connectivity index (χ1n) is 9.76. The molecule has 0 aliphatic carbocycles. The fraction of sp³-hybridized carbons (Fsp3) is 0.130. The minimum absolute atomic E-state index is 0.167. The fourth-order valence-corrected chi connectivity index (χ4v) is 3.47. The average Bonchev–Trinajstić information content (AvgIpc) is 3.22. The highest BCUT2D eigenvalue weighted by Gasteiger charge is 2.15. The number of carbonyl (C=O) groups is 1. The lowest BCUT2D eigenvalue weighted by atomic mass is 10.1. The Kier molecular flexibility index (Phi) is 6.00. The molecule has 1 amide bonds. The van der Waals surface area contributed by atoms with Crippen molar-refractivity contribution in [2.45, 2.75) is 6.92 Å². The van der Waals surface area contributed by atoms with Crippen LogP contribution in [0.5, 0.6) is 11.5 Å². The zero-order chi connectivity index (χ0) is 22.7. The van der Waals surface area contributed by atoms with Crippen molar-refractivity contribution in [3.63, 3.8) is 0 Å². The molecule has 1 heterocycles. The molecule has 0 unspecified atom stereocenters. The average molecular weight is 448 g/mol. The van der Waals surface area contributed by atoms with Crippen LogP contribution in [0.25, 0.3) is 16.7 Å². The van der Waals surface area contributed by atoms with Crippen LogP contribution in [0.4, 0.5) is 5.69 Å². The van der Waals surface area contributed by atoms with Crippen LogP contribution in [0.1, 0.15) is 15.9 Å². The maximum absolute atomic E-state index is 12.6. The summed E-state index contributed by atoms with van der Waals surface area (Å²) in [6, 6.07) is 18.3. The second-order valence-corrected chi connectivity index (χ2v) is 7.36. The van der Waals surface area contributed by atoms with Gasteiger partial charge in [-0.1, -0.05) is 12.1 Å². The Balaban J connectivity index is 1.48. The molecule has 0 saturated carbocycles. The summed E-state index contributed by atoms with van der Waals surface area (Å²) in [5.74, 6) is 0.926. The van der Waals surface area contributed by atoms with Gasteiger partial charge in [0.2, 0.25) is 0 Å². The third-order valence-corrected chi connectivity index (χ3v) is 5.03. The molecule has 32 heavy (non-hydrogen) atoms. The van der Waals surface area contributed by atoms with Gasteiger partial charge in [-0.3, -0.25) is 10.1 Å². The molecule has 4 rings (SSSR count). The molecule has 0 aliphatic heterocycles. The lowest BCUT2D eigenvalue weighted by molar-refractivity contribution is 0.0974. The molecule has 1 aromatic heterocycles. The minimum Gasteiger partial charge on any atom is -0.497 e. The fourth-order valence-electron chi connectivity index (χ4n) is 3.26. The predicted octanol–water partition coefficient (Wildman–Crippen LogP) is 3.87. The summed E-state index contributed by atoms with van der Waals surface area (Å²) in [6.45, 7) is 1.88. The first-order chi connectivity index (χ1) is 15.5. The number of benzene rings is 3. The molecule has 0 saturated heterocycles. The van der Waals surface area contributed by atoms with Crippen LogP contribution in [-0.2, 0) is 0 Å². The smallest absolute Gasteiger partial charge is 0.261 e. The number of anilines is 1. The molecule has 0 atom stereocenters. The molecule has 3 aromatic carbocycles. The van der Waals surface area contributed by atoms with E-state index >= 15 is 0 Å². The zero-order valence-electron chi connectivity index (χ0n) is 17.7. The maximum Gasteiger partial charge on any atom is 0.261 e. The second kappa shape index (κ2) is 9.03. The summed E-state index contributed by atoms with van der Waals surface area (Å²) < 4.78 is 10.5. The van der Waals surface area contributed by atoms with E-state index in [0.29, 0.717) is 22.5 Å². The van der Waals surface area contributed by atoms with E-state index < -0.39 is 0 Å². The van der Waals surface area contributed by atoms with E-state index in [1.165, 1.54) is 7.11 Å². The number of hydrogen-bond acceptors (Lipinski definition) is 6. The highest BCUT2D eigenvalue weighted by molar-refractivity contribution is 7.80. The molecule has 162 valence electrons. The van der Waals surface area contributed by atoms with Crippen LogP contribution in [0.2, 0.25) is 0 Å². The van der Waals surface area contributed by atoms with E-state index in [4.69, 9.17) is 21.7 Å². The van der Waals surface area contributed by atoms with Crippen LogP contribution < -0.4 is 20.1 Å². The van der Waals surface area contributed by atoms with Gasteiger partial charge in [-0.25, -0.2) is 0 Å². The van der Waals surface area contributed by atoms with Crippen molar-refractivity contribution in [1.29, 1.82) is 0 Å². The highest BCUT2D eigenvalue weighted by atomic mass is 32.1. The summed E-state index contributed by atoms with van der Waals surface area (Å²) >= 11 is 5.32. The Labute approximate surface area is 190 Å². The molecule has 2 N–H and O–H groups in total. The molecule has 9 heteroatoms. The molecule has 0 fully saturated rings. The second-order valence-electron chi connectivity index (χ2n) is 6.95. The van der Waals surface area contributed by atoms with Gasteiger partial charge >= 0.3 is 0 Å². The Morgan fingerprint density at radius 3 is 2.44 bits per heavy atom. The van der Waals surface area contributed by atoms with Gasteiger partial charge in [0.05, 0.1) is 25.5 Å². The number of methoxy groups -OCH3 is 2. The first kappa shape index (κ1) is 21.3. The van der Waals surface area contributed by atoms with Gasteiger partial charge in [-0.2, -0.15) is 4.80 Å².